The molecule has 66 valence electrons. The van der Waals surface area contributed by atoms with E-state index in [2.05, 4.69) is 0 Å². The van der Waals surface area contributed by atoms with Crippen LogP contribution in [-0.4, -0.2) is 32.7 Å². The van der Waals surface area contributed by atoms with Gasteiger partial charge in [0.25, 0.3) is 5.91 Å². The predicted molar refractivity (Wildman–Crippen MR) is 49.8 cm³/mol. The van der Waals surface area contributed by atoms with E-state index in [1.807, 2.05) is 0 Å². The molecule has 1 aromatic rings. The summed E-state index contributed by atoms with van der Waals surface area (Å²) in [6.07, 6.45) is 0. The van der Waals surface area contributed by atoms with Gasteiger partial charge >= 0.3 is 0 Å². The Balaban J connectivity index is 3.04. The first-order chi connectivity index (χ1) is 6.02. The average molecular weight is 177 g/mol. The molecular formula is C9H9BFNO. The van der Waals surface area contributed by atoms with Gasteiger partial charge in [-0.1, -0.05) is 11.5 Å². The highest BCUT2D eigenvalue weighted by molar-refractivity contribution is 6.32. The molecule has 0 heterocycles. The number of hydrogen-bond acceptors (Lipinski definition) is 1. The molecule has 2 radical (unpaired) electrons. The van der Waals surface area contributed by atoms with Crippen molar-refractivity contribution in [2.45, 2.75) is 0 Å². The van der Waals surface area contributed by atoms with Crippen LogP contribution >= 0.6 is 0 Å². The quantitative estimate of drug-likeness (QED) is 0.565. The summed E-state index contributed by atoms with van der Waals surface area (Å²) < 4.78 is 12.9. The number of carbonyl (C=O) groups excluding carboxylic acids is 1. The van der Waals surface area contributed by atoms with Crippen LogP contribution in [-0.2, 0) is 0 Å². The molecule has 0 fully saturated rings. The summed E-state index contributed by atoms with van der Waals surface area (Å²) in [5.41, 5.74) is 0.354. The normalized spacial score (nSPS) is 9.77. The zero-order chi connectivity index (χ0) is 10.0. The Bertz CT molecular complexity index is 338. The van der Waals surface area contributed by atoms with Gasteiger partial charge in [0.15, 0.2) is 0 Å². The zero-order valence-corrected chi connectivity index (χ0v) is 7.54. The first-order valence-corrected chi connectivity index (χ1v) is 3.79. The van der Waals surface area contributed by atoms with Crippen molar-refractivity contribution in [1.82, 2.24) is 4.90 Å². The molecule has 1 aromatic carbocycles. The fraction of sp³-hybridized carbons (Fsp3) is 0.222. The molecule has 13 heavy (non-hydrogen) atoms. The molecule has 1 amide bonds. The van der Waals surface area contributed by atoms with Gasteiger partial charge in [-0.05, 0) is 12.1 Å². The summed E-state index contributed by atoms with van der Waals surface area (Å²) in [6, 6.07) is 4.02. The van der Waals surface area contributed by atoms with E-state index < -0.39 is 5.82 Å². The Hall–Kier alpha value is -1.32. The highest BCUT2D eigenvalue weighted by atomic mass is 19.1. The molecular weight excluding hydrogens is 168 g/mol. The van der Waals surface area contributed by atoms with Crippen LogP contribution in [0.25, 0.3) is 0 Å². The fourth-order valence-corrected chi connectivity index (χ4v) is 0.918. The van der Waals surface area contributed by atoms with Crippen LogP contribution in [0.2, 0.25) is 0 Å². The third-order valence-electron chi connectivity index (χ3n) is 1.65. The molecule has 0 bridgehead atoms. The van der Waals surface area contributed by atoms with Crippen molar-refractivity contribution in [3.63, 3.8) is 0 Å². The Kier molecular flexibility index (Phi) is 2.71. The van der Waals surface area contributed by atoms with E-state index in [0.717, 1.165) is 6.07 Å². The lowest BCUT2D eigenvalue weighted by Gasteiger charge is -2.10. The van der Waals surface area contributed by atoms with Crippen molar-refractivity contribution in [3.8, 4) is 0 Å². The van der Waals surface area contributed by atoms with Gasteiger partial charge in [-0.25, -0.2) is 4.39 Å². The minimum absolute atomic E-state index is 0.0512. The highest BCUT2D eigenvalue weighted by Crippen LogP contribution is 2.03. The second-order valence-corrected chi connectivity index (χ2v) is 2.94. The number of benzene rings is 1. The van der Waals surface area contributed by atoms with Gasteiger partial charge in [0.05, 0.1) is 0 Å². The zero-order valence-electron chi connectivity index (χ0n) is 7.54. The largest absolute Gasteiger partial charge is 0.345 e. The molecule has 0 aliphatic rings. The van der Waals surface area contributed by atoms with Gasteiger partial charge in [-0.2, -0.15) is 0 Å². The molecule has 0 saturated heterocycles. The Labute approximate surface area is 77.8 Å². The van der Waals surface area contributed by atoms with Gasteiger partial charge in [0.1, 0.15) is 13.7 Å². The summed E-state index contributed by atoms with van der Waals surface area (Å²) in [6.45, 7) is 0. The smallest absolute Gasteiger partial charge is 0.253 e. The van der Waals surface area contributed by atoms with Crippen molar-refractivity contribution >= 4 is 19.2 Å². The second-order valence-electron chi connectivity index (χ2n) is 2.94. The van der Waals surface area contributed by atoms with E-state index in [0.29, 0.717) is 5.56 Å². The molecule has 4 heteroatoms. The van der Waals surface area contributed by atoms with Crippen LogP contribution in [0.1, 0.15) is 10.4 Å². The summed E-state index contributed by atoms with van der Waals surface area (Å²) in [5.74, 6) is -0.799. The summed E-state index contributed by atoms with van der Waals surface area (Å²) in [5, 5.41) is 0. The van der Waals surface area contributed by atoms with E-state index >= 15 is 0 Å². The minimum Gasteiger partial charge on any atom is -0.345 e. The second kappa shape index (κ2) is 3.60. The molecule has 0 spiro atoms. The van der Waals surface area contributed by atoms with E-state index in [9.17, 15) is 9.18 Å². The van der Waals surface area contributed by atoms with E-state index in [-0.39, 0.29) is 11.4 Å². The van der Waals surface area contributed by atoms with Gasteiger partial charge in [-0.15, -0.1) is 0 Å². The Morgan fingerprint density at radius 1 is 1.46 bits per heavy atom. The Morgan fingerprint density at radius 2 is 2.08 bits per heavy atom. The number of rotatable bonds is 1. The lowest BCUT2D eigenvalue weighted by atomic mass is 9.94. The summed E-state index contributed by atoms with van der Waals surface area (Å²) in [7, 11) is 8.48. The maximum absolute atomic E-state index is 12.9. The van der Waals surface area contributed by atoms with Gasteiger partial charge in [0, 0.05) is 19.7 Å². The third-order valence-corrected chi connectivity index (χ3v) is 1.65. The lowest BCUT2D eigenvalue weighted by molar-refractivity contribution is 0.0827. The number of hydrogen-bond donors (Lipinski definition) is 0. The molecule has 0 aromatic heterocycles. The number of halogens is 1. The van der Waals surface area contributed by atoms with Crippen LogP contribution in [0.5, 0.6) is 0 Å². The highest BCUT2D eigenvalue weighted by Gasteiger charge is 2.08. The van der Waals surface area contributed by atoms with Crippen molar-refractivity contribution < 1.29 is 9.18 Å². The minimum atomic E-state index is -0.562. The molecule has 0 aliphatic heterocycles. The van der Waals surface area contributed by atoms with Gasteiger partial charge < -0.3 is 4.90 Å². The van der Waals surface area contributed by atoms with E-state index in [1.54, 1.807) is 14.1 Å². The van der Waals surface area contributed by atoms with Crippen LogP contribution in [0.15, 0.2) is 18.2 Å². The summed E-state index contributed by atoms with van der Waals surface area (Å²) >= 11 is 0. The maximum atomic E-state index is 12.9. The van der Waals surface area contributed by atoms with Gasteiger partial charge in [-0.3, -0.25) is 4.79 Å². The van der Waals surface area contributed by atoms with Crippen LogP contribution in [0, 0.1) is 5.82 Å². The summed E-state index contributed by atoms with van der Waals surface area (Å²) in [4.78, 5) is 12.7. The molecule has 0 N–H and O–H groups in total. The van der Waals surface area contributed by atoms with Crippen molar-refractivity contribution in [3.05, 3.63) is 29.6 Å². The third kappa shape index (κ3) is 2.08. The average Bonchev–Trinajstić information content (AvgIpc) is 2.08. The van der Waals surface area contributed by atoms with Crippen molar-refractivity contribution in [2.24, 2.45) is 0 Å². The molecule has 1 rings (SSSR count). The molecule has 0 unspecified atom stereocenters. The first-order valence-electron chi connectivity index (χ1n) is 3.79. The van der Waals surface area contributed by atoms with Crippen molar-refractivity contribution in [1.29, 1.82) is 0 Å². The maximum Gasteiger partial charge on any atom is 0.253 e. The predicted octanol–water partition coefficient (Wildman–Crippen LogP) is 0.321. The lowest BCUT2D eigenvalue weighted by Crippen LogP contribution is -2.22. The van der Waals surface area contributed by atoms with Gasteiger partial charge in [0.2, 0.25) is 0 Å². The molecule has 0 atom stereocenters. The number of carbonyl (C=O) groups is 1. The Morgan fingerprint density at radius 3 is 2.54 bits per heavy atom. The number of nitrogens with zero attached hydrogens (tertiary/aromatic N) is 1. The first kappa shape index (κ1) is 9.77. The molecule has 2 nitrogen and oxygen atoms in total. The van der Waals surface area contributed by atoms with E-state index in [4.69, 9.17) is 7.85 Å². The standard InChI is InChI=1S/C9H9BFNO/c1-12(2)9(13)6-3-4-7(10)8(11)5-6/h3-5H,1-2H3. The SMILES string of the molecule is [B]c1ccc(C(=O)N(C)C)cc1F. The number of amides is 1. The van der Waals surface area contributed by atoms with Crippen molar-refractivity contribution in [2.75, 3.05) is 14.1 Å². The van der Waals surface area contributed by atoms with Crippen LogP contribution < -0.4 is 5.46 Å². The topological polar surface area (TPSA) is 20.3 Å². The monoisotopic (exact) mass is 177 g/mol. The van der Waals surface area contributed by atoms with Crippen LogP contribution in [0.4, 0.5) is 4.39 Å². The molecule has 0 aliphatic carbocycles. The molecule has 0 saturated carbocycles. The van der Waals surface area contributed by atoms with Crippen LogP contribution in [0.3, 0.4) is 0 Å². The fourth-order valence-electron chi connectivity index (χ4n) is 0.918. The van der Waals surface area contributed by atoms with E-state index in [1.165, 1.54) is 17.0 Å².